The van der Waals surface area contributed by atoms with Gasteiger partial charge in [-0.3, -0.25) is 0 Å². The van der Waals surface area contributed by atoms with Gasteiger partial charge in [-0.15, -0.1) is 0 Å². The highest BCUT2D eigenvalue weighted by Crippen LogP contribution is 2.22. The number of aromatic nitrogens is 1. The lowest BCUT2D eigenvalue weighted by atomic mass is 10.0. The molecule has 140 valence electrons. The summed E-state index contributed by atoms with van der Waals surface area (Å²) in [5.74, 6) is -1.11. The summed E-state index contributed by atoms with van der Waals surface area (Å²) in [5, 5.41) is 12.7. The first-order chi connectivity index (χ1) is 13.6. The smallest absolute Gasteiger partial charge is 0.371 e. The third-order valence-electron chi connectivity index (χ3n) is 4.72. The first kappa shape index (κ1) is 17.9. The molecule has 28 heavy (non-hydrogen) atoms. The van der Waals surface area contributed by atoms with Crippen LogP contribution in [0.3, 0.4) is 0 Å². The number of ether oxygens (including phenoxy) is 1. The van der Waals surface area contributed by atoms with Gasteiger partial charge in [-0.2, -0.15) is 0 Å². The van der Waals surface area contributed by atoms with Crippen molar-refractivity contribution in [2.24, 2.45) is 0 Å². The summed E-state index contributed by atoms with van der Waals surface area (Å²) in [5.41, 5.74) is 4.19. The molecular weight excluding hydrogens is 350 g/mol. The summed E-state index contributed by atoms with van der Waals surface area (Å²) in [4.78, 5) is 14.7. The fourth-order valence-corrected chi connectivity index (χ4v) is 3.44. The van der Waals surface area contributed by atoms with Gasteiger partial charge in [0.15, 0.2) is 0 Å². The van der Waals surface area contributed by atoms with Crippen molar-refractivity contribution < 1.29 is 14.6 Å². The van der Waals surface area contributed by atoms with E-state index in [9.17, 15) is 9.90 Å². The standard InChI is InChI=1S/C24H21NO3/c1-2-28-23(24(26)27)14-17-8-10-22-20(12-17)15-21(25-22)13-16-7-9-18-5-3-4-6-19(18)11-16/h3-12,14-15,25H,2,13H2,1H3,(H,26,27). The van der Waals surface area contributed by atoms with Crippen LogP contribution >= 0.6 is 0 Å². The lowest BCUT2D eigenvalue weighted by Gasteiger charge is -2.03. The Kier molecular flexibility index (Phi) is 4.85. The summed E-state index contributed by atoms with van der Waals surface area (Å²) >= 11 is 0. The molecule has 0 bridgehead atoms. The van der Waals surface area contributed by atoms with Gasteiger partial charge in [0.1, 0.15) is 0 Å². The molecule has 0 aliphatic carbocycles. The van der Waals surface area contributed by atoms with E-state index in [2.05, 4.69) is 47.4 Å². The van der Waals surface area contributed by atoms with Crippen LogP contribution in [0.2, 0.25) is 0 Å². The van der Waals surface area contributed by atoms with Gasteiger partial charge in [0.05, 0.1) is 6.61 Å². The molecule has 1 heterocycles. The van der Waals surface area contributed by atoms with E-state index in [1.54, 1.807) is 13.0 Å². The predicted octanol–water partition coefficient (Wildman–Crippen LogP) is 5.37. The van der Waals surface area contributed by atoms with Crippen LogP contribution in [0, 0.1) is 0 Å². The van der Waals surface area contributed by atoms with Crippen molar-refractivity contribution >= 4 is 33.7 Å². The number of fused-ring (bicyclic) bond motifs is 2. The van der Waals surface area contributed by atoms with Crippen LogP contribution in [-0.2, 0) is 16.0 Å². The third kappa shape index (κ3) is 3.76. The lowest BCUT2D eigenvalue weighted by molar-refractivity contribution is -0.136. The Hall–Kier alpha value is -3.53. The largest absolute Gasteiger partial charge is 0.487 e. The number of carboxylic acid groups (broad SMARTS) is 1. The maximum atomic E-state index is 11.3. The first-order valence-electron chi connectivity index (χ1n) is 9.29. The molecule has 0 aliphatic rings. The fourth-order valence-electron chi connectivity index (χ4n) is 3.44. The SMILES string of the molecule is CCOC(=Cc1ccc2[nH]c(Cc3ccc4ccccc4c3)cc2c1)C(=O)O. The second-order valence-electron chi connectivity index (χ2n) is 6.75. The molecule has 3 aromatic carbocycles. The van der Waals surface area contributed by atoms with Crippen molar-refractivity contribution in [3.8, 4) is 0 Å². The highest BCUT2D eigenvalue weighted by molar-refractivity contribution is 5.91. The predicted molar refractivity (Wildman–Crippen MR) is 112 cm³/mol. The minimum atomic E-state index is -1.06. The van der Waals surface area contributed by atoms with E-state index >= 15 is 0 Å². The molecule has 1 aromatic heterocycles. The van der Waals surface area contributed by atoms with Crippen LogP contribution < -0.4 is 0 Å². The number of carboxylic acids is 1. The molecule has 0 saturated heterocycles. The van der Waals surface area contributed by atoms with E-state index in [4.69, 9.17) is 4.74 Å². The summed E-state index contributed by atoms with van der Waals surface area (Å²) in [7, 11) is 0. The third-order valence-corrected chi connectivity index (χ3v) is 4.72. The zero-order chi connectivity index (χ0) is 19.5. The van der Waals surface area contributed by atoms with E-state index in [0.717, 1.165) is 28.6 Å². The summed E-state index contributed by atoms with van der Waals surface area (Å²) in [6.45, 7) is 2.09. The van der Waals surface area contributed by atoms with Gasteiger partial charge in [-0.25, -0.2) is 4.79 Å². The van der Waals surface area contributed by atoms with Crippen molar-refractivity contribution in [1.29, 1.82) is 0 Å². The van der Waals surface area contributed by atoms with Gasteiger partial charge in [0.25, 0.3) is 0 Å². The molecule has 0 saturated carbocycles. The molecule has 4 rings (SSSR count). The van der Waals surface area contributed by atoms with E-state index in [-0.39, 0.29) is 5.76 Å². The van der Waals surface area contributed by atoms with E-state index in [1.165, 1.54) is 16.3 Å². The molecule has 4 heteroatoms. The van der Waals surface area contributed by atoms with Gasteiger partial charge in [0, 0.05) is 23.0 Å². The number of benzene rings is 3. The topological polar surface area (TPSA) is 62.3 Å². The Morgan fingerprint density at radius 3 is 2.61 bits per heavy atom. The number of carbonyl (C=O) groups is 1. The van der Waals surface area contributed by atoms with Crippen LogP contribution in [0.5, 0.6) is 0 Å². The van der Waals surface area contributed by atoms with Gasteiger partial charge in [-0.05, 0) is 53.1 Å². The maximum absolute atomic E-state index is 11.3. The molecule has 0 spiro atoms. The lowest BCUT2D eigenvalue weighted by Crippen LogP contribution is -2.04. The number of nitrogens with one attached hydrogen (secondary N) is 1. The Balaban J connectivity index is 1.62. The summed E-state index contributed by atoms with van der Waals surface area (Å²) in [6, 6.07) is 22.8. The van der Waals surface area contributed by atoms with Crippen LogP contribution in [0.15, 0.2) is 72.5 Å². The zero-order valence-corrected chi connectivity index (χ0v) is 15.6. The molecule has 0 radical (unpaired) electrons. The number of rotatable bonds is 6. The summed E-state index contributed by atoms with van der Waals surface area (Å²) < 4.78 is 5.19. The molecule has 0 fully saturated rings. The second kappa shape index (κ2) is 7.61. The van der Waals surface area contributed by atoms with Crippen LogP contribution in [0.25, 0.3) is 27.8 Å². The minimum absolute atomic E-state index is 0.0474. The molecular formula is C24H21NO3. The van der Waals surface area contributed by atoms with Crippen LogP contribution in [0.4, 0.5) is 0 Å². The van der Waals surface area contributed by atoms with E-state index < -0.39 is 5.97 Å². The highest BCUT2D eigenvalue weighted by atomic mass is 16.5. The monoisotopic (exact) mass is 371 g/mol. The average molecular weight is 371 g/mol. The Morgan fingerprint density at radius 2 is 1.82 bits per heavy atom. The van der Waals surface area contributed by atoms with Crippen LogP contribution in [-0.4, -0.2) is 22.7 Å². The molecule has 0 aliphatic heterocycles. The molecule has 0 unspecified atom stereocenters. The molecule has 4 nitrogen and oxygen atoms in total. The summed E-state index contributed by atoms with van der Waals surface area (Å²) in [6.07, 6.45) is 2.37. The van der Waals surface area contributed by atoms with Crippen molar-refractivity contribution in [2.75, 3.05) is 6.61 Å². The first-order valence-corrected chi connectivity index (χ1v) is 9.29. The number of hydrogen-bond donors (Lipinski definition) is 2. The van der Waals surface area contributed by atoms with E-state index in [0.29, 0.717) is 6.61 Å². The fraction of sp³-hybridized carbons (Fsp3) is 0.125. The molecule has 0 atom stereocenters. The Labute approximate surface area is 163 Å². The average Bonchev–Trinajstić information content (AvgIpc) is 3.09. The molecule has 2 N–H and O–H groups in total. The van der Waals surface area contributed by atoms with Gasteiger partial charge >= 0.3 is 5.97 Å². The number of aromatic amines is 1. The maximum Gasteiger partial charge on any atom is 0.371 e. The zero-order valence-electron chi connectivity index (χ0n) is 15.6. The number of hydrogen-bond acceptors (Lipinski definition) is 2. The van der Waals surface area contributed by atoms with Crippen molar-refractivity contribution in [3.05, 3.63) is 89.3 Å². The van der Waals surface area contributed by atoms with Crippen molar-refractivity contribution in [2.45, 2.75) is 13.3 Å². The highest BCUT2D eigenvalue weighted by Gasteiger charge is 2.09. The Morgan fingerprint density at radius 1 is 1.00 bits per heavy atom. The second-order valence-corrected chi connectivity index (χ2v) is 6.75. The normalized spacial score (nSPS) is 11.8. The van der Waals surface area contributed by atoms with Crippen molar-refractivity contribution in [3.63, 3.8) is 0 Å². The Bertz CT molecular complexity index is 1190. The molecule has 0 amide bonds. The number of aliphatic carboxylic acids is 1. The van der Waals surface area contributed by atoms with E-state index in [1.807, 2.05) is 24.3 Å². The van der Waals surface area contributed by atoms with Crippen molar-refractivity contribution in [1.82, 2.24) is 4.98 Å². The minimum Gasteiger partial charge on any atom is -0.487 e. The van der Waals surface area contributed by atoms with Crippen LogP contribution in [0.1, 0.15) is 23.7 Å². The van der Waals surface area contributed by atoms with Gasteiger partial charge < -0.3 is 14.8 Å². The quantitative estimate of drug-likeness (QED) is 0.354. The number of H-pyrrole nitrogens is 1. The van der Waals surface area contributed by atoms with Gasteiger partial charge in [0.2, 0.25) is 5.76 Å². The van der Waals surface area contributed by atoms with Gasteiger partial charge in [-0.1, -0.05) is 48.5 Å². The molecule has 4 aromatic rings.